The Morgan fingerprint density at radius 3 is 2.00 bits per heavy atom. The third kappa shape index (κ3) is 5.08. The SMILES string of the molecule is O=[N+]([O-])c1ccc(OP(=O)([O-])[O-])cc1.[Ag+]. The summed E-state index contributed by atoms with van der Waals surface area (Å²) in [6, 6.07) is 4.12. The topological polar surface area (TPSA) is 116 Å². The van der Waals surface area contributed by atoms with Crippen LogP contribution in [-0.2, 0) is 26.9 Å². The molecule has 0 unspecified atom stereocenters. The van der Waals surface area contributed by atoms with Crippen molar-refractivity contribution in [1.29, 1.82) is 0 Å². The molecule has 0 heterocycles. The summed E-state index contributed by atoms with van der Waals surface area (Å²) in [5.41, 5.74) is -0.219. The number of nitro groups is 1. The summed E-state index contributed by atoms with van der Waals surface area (Å²) in [6.07, 6.45) is 0. The summed E-state index contributed by atoms with van der Waals surface area (Å²) >= 11 is 0. The van der Waals surface area contributed by atoms with Gasteiger partial charge in [-0.15, -0.1) is 0 Å². The van der Waals surface area contributed by atoms with Gasteiger partial charge in [-0.05, 0) is 12.1 Å². The van der Waals surface area contributed by atoms with Crippen molar-refractivity contribution in [3.63, 3.8) is 0 Å². The van der Waals surface area contributed by atoms with Crippen LogP contribution in [0.2, 0.25) is 0 Å². The Hall–Kier alpha value is -0.690. The fourth-order valence-electron chi connectivity index (χ4n) is 0.758. The van der Waals surface area contributed by atoms with E-state index in [2.05, 4.69) is 4.52 Å². The van der Waals surface area contributed by atoms with E-state index in [1.54, 1.807) is 0 Å². The zero-order chi connectivity index (χ0) is 10.8. The van der Waals surface area contributed by atoms with Crippen molar-refractivity contribution in [3.05, 3.63) is 34.4 Å². The van der Waals surface area contributed by atoms with E-state index in [1.807, 2.05) is 0 Å². The fraction of sp³-hybridized carbons (Fsp3) is 0. The standard InChI is InChI=1S/C6H6NO6P.Ag/c8-7(9)5-1-3-6(4-2-5)13-14(10,11)12;/h1-4H,(H2,10,11,12);/q;+1/p-2. The zero-order valence-electron chi connectivity index (χ0n) is 6.95. The molecule has 0 saturated carbocycles. The summed E-state index contributed by atoms with van der Waals surface area (Å²) in [7, 11) is -5.10. The number of benzene rings is 1. The Morgan fingerprint density at radius 2 is 1.67 bits per heavy atom. The Bertz CT molecular complexity index is 387. The monoisotopic (exact) mass is 324 g/mol. The Morgan fingerprint density at radius 1 is 1.20 bits per heavy atom. The van der Waals surface area contributed by atoms with Gasteiger partial charge in [0.05, 0.1) is 4.92 Å². The maximum atomic E-state index is 10.2. The molecule has 15 heavy (non-hydrogen) atoms. The van der Waals surface area contributed by atoms with Gasteiger partial charge < -0.3 is 18.9 Å². The molecule has 0 N–H and O–H groups in total. The Labute approximate surface area is 100.0 Å². The van der Waals surface area contributed by atoms with Crippen LogP contribution in [0, 0.1) is 10.1 Å². The molecule has 0 atom stereocenters. The van der Waals surface area contributed by atoms with Gasteiger partial charge in [0.15, 0.2) is 0 Å². The van der Waals surface area contributed by atoms with Crippen LogP contribution in [0.4, 0.5) is 5.69 Å². The van der Waals surface area contributed by atoms with Gasteiger partial charge in [-0.25, -0.2) is 0 Å². The average molecular weight is 325 g/mol. The molecule has 9 heteroatoms. The van der Waals surface area contributed by atoms with Gasteiger partial charge in [-0.2, -0.15) is 0 Å². The minimum absolute atomic E-state index is 0. The van der Waals surface area contributed by atoms with E-state index in [0.29, 0.717) is 0 Å². The maximum Gasteiger partial charge on any atom is 1.00 e. The molecule has 7 nitrogen and oxygen atoms in total. The molecule has 0 bridgehead atoms. The molecule has 0 saturated heterocycles. The first-order chi connectivity index (χ1) is 6.38. The van der Waals surface area contributed by atoms with Crippen molar-refractivity contribution >= 4 is 13.5 Å². The Balaban J connectivity index is 0.00000196. The van der Waals surface area contributed by atoms with Crippen LogP contribution in [0.5, 0.6) is 5.75 Å². The van der Waals surface area contributed by atoms with Crippen LogP contribution < -0.4 is 14.3 Å². The molecule has 0 radical (unpaired) electrons. The predicted molar refractivity (Wildman–Crippen MR) is 41.3 cm³/mol. The number of phosphoric acid groups is 1. The van der Waals surface area contributed by atoms with Crippen LogP contribution in [0.1, 0.15) is 0 Å². The second-order valence-corrected chi connectivity index (χ2v) is 3.37. The van der Waals surface area contributed by atoms with Gasteiger partial charge in [0.1, 0.15) is 13.6 Å². The van der Waals surface area contributed by atoms with Gasteiger partial charge >= 0.3 is 22.4 Å². The molecule has 0 aliphatic carbocycles. The number of rotatable bonds is 3. The van der Waals surface area contributed by atoms with Crippen molar-refractivity contribution in [2.75, 3.05) is 0 Å². The van der Waals surface area contributed by atoms with Crippen molar-refractivity contribution in [2.45, 2.75) is 0 Å². The number of phosphoric ester groups is 1. The summed E-state index contributed by atoms with van der Waals surface area (Å²) in [5, 5.41) is 10.2. The third-order valence-corrected chi connectivity index (χ3v) is 1.70. The summed E-state index contributed by atoms with van der Waals surface area (Å²) < 4.78 is 14.1. The van der Waals surface area contributed by atoms with E-state index < -0.39 is 12.7 Å². The summed E-state index contributed by atoms with van der Waals surface area (Å²) in [6.45, 7) is 0. The molecule has 0 aliphatic heterocycles. The van der Waals surface area contributed by atoms with Crippen LogP contribution in [0.25, 0.3) is 0 Å². The number of hydrogen-bond donors (Lipinski definition) is 0. The van der Waals surface area contributed by atoms with Crippen molar-refractivity contribution < 1.29 is 46.2 Å². The van der Waals surface area contributed by atoms with Crippen LogP contribution >= 0.6 is 7.82 Å². The summed E-state index contributed by atoms with van der Waals surface area (Å²) in [4.78, 5) is 29.8. The van der Waals surface area contributed by atoms with E-state index in [-0.39, 0.29) is 33.8 Å². The quantitative estimate of drug-likeness (QED) is 0.329. The van der Waals surface area contributed by atoms with Gasteiger partial charge in [0, 0.05) is 12.1 Å². The molecule has 0 aromatic heterocycles. The van der Waals surface area contributed by atoms with Crippen molar-refractivity contribution in [1.82, 2.24) is 0 Å². The number of nitrogens with zero attached hydrogens (tertiary/aromatic N) is 1. The second kappa shape index (κ2) is 5.41. The van der Waals surface area contributed by atoms with Gasteiger partial charge in [-0.1, -0.05) is 0 Å². The third-order valence-electron chi connectivity index (χ3n) is 1.26. The smallest absolute Gasteiger partial charge is 0.780 e. The van der Waals surface area contributed by atoms with Gasteiger partial charge in [-0.3, -0.25) is 10.1 Å². The molecule has 0 aliphatic rings. The predicted octanol–water partition coefficient (Wildman–Crippen LogP) is -0.200. The van der Waals surface area contributed by atoms with E-state index in [0.717, 1.165) is 24.3 Å². The molecular weight excluding hydrogens is 321 g/mol. The minimum Gasteiger partial charge on any atom is -0.780 e. The van der Waals surface area contributed by atoms with Gasteiger partial charge in [0.2, 0.25) is 0 Å². The number of hydrogen-bond acceptors (Lipinski definition) is 6. The largest absolute Gasteiger partial charge is 1.00 e. The fourth-order valence-corrected chi connectivity index (χ4v) is 1.14. The van der Waals surface area contributed by atoms with Crippen molar-refractivity contribution in [3.8, 4) is 5.75 Å². The van der Waals surface area contributed by atoms with Crippen LogP contribution in [0.15, 0.2) is 24.3 Å². The van der Waals surface area contributed by atoms with Crippen molar-refractivity contribution in [2.24, 2.45) is 0 Å². The molecule has 1 aromatic rings. The first-order valence-corrected chi connectivity index (χ1v) is 4.81. The summed E-state index contributed by atoms with van der Waals surface area (Å²) in [5.74, 6) is -0.246. The van der Waals surface area contributed by atoms with Gasteiger partial charge in [0.25, 0.3) is 5.69 Å². The number of nitro benzene ring substituents is 1. The molecule has 0 fully saturated rings. The minimum atomic E-state index is -5.10. The van der Waals surface area contributed by atoms with Crippen LogP contribution in [-0.4, -0.2) is 4.92 Å². The molecule has 0 amide bonds. The molecular formula is C6H4AgNO6P-. The maximum absolute atomic E-state index is 10.2. The second-order valence-electron chi connectivity index (χ2n) is 2.29. The molecule has 1 aromatic carbocycles. The normalized spacial score (nSPS) is 10.3. The number of non-ortho nitro benzene ring substituents is 1. The molecule has 0 spiro atoms. The zero-order valence-corrected chi connectivity index (χ0v) is 9.33. The molecule has 86 valence electrons. The van der Waals surface area contributed by atoms with E-state index in [9.17, 15) is 24.5 Å². The Kier molecular flexibility index (Phi) is 5.16. The first-order valence-electron chi connectivity index (χ1n) is 3.34. The average Bonchev–Trinajstić information content (AvgIpc) is 2.02. The van der Waals surface area contributed by atoms with E-state index in [4.69, 9.17) is 0 Å². The first kappa shape index (κ1) is 14.3. The van der Waals surface area contributed by atoms with Crippen LogP contribution in [0.3, 0.4) is 0 Å². The van der Waals surface area contributed by atoms with E-state index in [1.165, 1.54) is 0 Å². The van der Waals surface area contributed by atoms with E-state index >= 15 is 0 Å². The molecule has 1 rings (SSSR count).